The number of carboxylic acid groups (broad SMARTS) is 1. The van der Waals surface area contributed by atoms with Gasteiger partial charge in [-0.05, 0) is 49.8 Å². The molecule has 1 amide bonds. The van der Waals surface area contributed by atoms with Crippen LogP contribution in [0, 0.1) is 0 Å². The summed E-state index contributed by atoms with van der Waals surface area (Å²) < 4.78 is 0. The Labute approximate surface area is 132 Å². The summed E-state index contributed by atoms with van der Waals surface area (Å²) >= 11 is 3.15. The minimum atomic E-state index is -0.916. The van der Waals surface area contributed by atoms with Crippen molar-refractivity contribution in [3.63, 3.8) is 0 Å². The van der Waals surface area contributed by atoms with Gasteiger partial charge in [-0.2, -0.15) is 0 Å². The number of thiophene rings is 1. The van der Waals surface area contributed by atoms with Crippen molar-refractivity contribution in [2.45, 2.75) is 50.2 Å². The van der Waals surface area contributed by atoms with Gasteiger partial charge in [0, 0.05) is 4.88 Å². The summed E-state index contributed by atoms with van der Waals surface area (Å²) in [6.07, 6.45) is 7.05. The minimum absolute atomic E-state index is 0.0270. The van der Waals surface area contributed by atoms with Crippen molar-refractivity contribution >= 4 is 40.0 Å². The van der Waals surface area contributed by atoms with E-state index in [1.807, 2.05) is 0 Å². The topological polar surface area (TPSA) is 66.4 Å². The van der Waals surface area contributed by atoms with Gasteiger partial charge < -0.3 is 10.4 Å². The molecule has 4 nitrogen and oxygen atoms in total. The van der Waals surface area contributed by atoms with Gasteiger partial charge in [-0.25, -0.2) is 4.79 Å². The molecule has 0 bridgehead atoms. The summed E-state index contributed by atoms with van der Waals surface area (Å²) in [5, 5.41) is 12.9. The van der Waals surface area contributed by atoms with Crippen LogP contribution in [0.5, 0.6) is 0 Å². The number of anilines is 1. The van der Waals surface area contributed by atoms with Crippen molar-refractivity contribution < 1.29 is 14.7 Å². The second-order valence-electron chi connectivity index (χ2n) is 5.56. The molecule has 0 spiro atoms. The molecule has 0 aromatic carbocycles. The second kappa shape index (κ2) is 6.40. The first-order valence-corrected chi connectivity index (χ1v) is 9.33. The Bertz CT molecular complexity index is 562. The minimum Gasteiger partial charge on any atom is -0.478 e. The molecule has 6 heteroatoms. The quantitative estimate of drug-likeness (QED) is 0.892. The highest BCUT2D eigenvalue weighted by Crippen LogP contribution is 2.38. The molecule has 1 aromatic heterocycles. The zero-order valence-corrected chi connectivity index (χ0v) is 13.4. The third-order valence-electron chi connectivity index (χ3n) is 4.09. The normalized spacial score (nSPS) is 21.6. The SMILES string of the molecule is O=C(O)c1c(NC(=O)C2CCCCS2)sc2c1CCCC2. The van der Waals surface area contributed by atoms with Crippen LogP contribution in [0.3, 0.4) is 0 Å². The number of carboxylic acids is 1. The highest BCUT2D eigenvalue weighted by molar-refractivity contribution is 8.00. The number of thioether (sulfide) groups is 1. The number of rotatable bonds is 3. The maximum absolute atomic E-state index is 12.3. The Morgan fingerprint density at radius 1 is 1.14 bits per heavy atom. The van der Waals surface area contributed by atoms with E-state index in [0.717, 1.165) is 54.7 Å². The molecule has 1 fully saturated rings. The maximum Gasteiger partial charge on any atom is 0.339 e. The lowest BCUT2D eigenvalue weighted by atomic mass is 9.95. The Morgan fingerprint density at radius 3 is 2.67 bits per heavy atom. The smallest absolute Gasteiger partial charge is 0.339 e. The van der Waals surface area contributed by atoms with Crippen molar-refractivity contribution in [3.8, 4) is 0 Å². The molecule has 2 aliphatic rings. The first-order chi connectivity index (χ1) is 10.2. The van der Waals surface area contributed by atoms with Gasteiger partial charge in [-0.3, -0.25) is 4.79 Å². The van der Waals surface area contributed by atoms with E-state index in [2.05, 4.69) is 5.32 Å². The lowest BCUT2D eigenvalue weighted by molar-refractivity contribution is -0.115. The summed E-state index contributed by atoms with van der Waals surface area (Å²) in [5.41, 5.74) is 1.29. The highest BCUT2D eigenvalue weighted by atomic mass is 32.2. The van der Waals surface area contributed by atoms with Gasteiger partial charge >= 0.3 is 5.97 Å². The summed E-state index contributed by atoms with van der Waals surface area (Å²) in [6, 6.07) is 0. The van der Waals surface area contributed by atoms with E-state index in [1.165, 1.54) is 17.8 Å². The number of hydrogen-bond acceptors (Lipinski definition) is 4. The lowest BCUT2D eigenvalue weighted by Gasteiger charge is -2.20. The van der Waals surface area contributed by atoms with E-state index in [9.17, 15) is 14.7 Å². The van der Waals surface area contributed by atoms with Gasteiger partial charge in [0.25, 0.3) is 0 Å². The number of amides is 1. The Hall–Kier alpha value is -1.01. The van der Waals surface area contributed by atoms with Gasteiger partial charge in [-0.1, -0.05) is 6.42 Å². The summed E-state index contributed by atoms with van der Waals surface area (Å²) in [7, 11) is 0. The molecule has 0 saturated carbocycles. The Morgan fingerprint density at radius 2 is 1.95 bits per heavy atom. The largest absolute Gasteiger partial charge is 0.478 e. The van der Waals surface area contributed by atoms with Crippen LogP contribution in [0.2, 0.25) is 0 Å². The maximum atomic E-state index is 12.3. The van der Waals surface area contributed by atoms with Crippen LogP contribution in [0.15, 0.2) is 0 Å². The lowest BCUT2D eigenvalue weighted by Crippen LogP contribution is -2.27. The third-order valence-corrected chi connectivity index (χ3v) is 6.68. The van der Waals surface area contributed by atoms with Crippen LogP contribution in [-0.2, 0) is 17.6 Å². The van der Waals surface area contributed by atoms with Crippen molar-refractivity contribution in [3.05, 3.63) is 16.0 Å². The van der Waals surface area contributed by atoms with Crippen molar-refractivity contribution in [1.82, 2.24) is 0 Å². The molecule has 114 valence electrons. The summed E-state index contributed by atoms with van der Waals surface area (Å²) in [4.78, 5) is 25.0. The molecule has 1 aromatic rings. The van der Waals surface area contributed by atoms with E-state index < -0.39 is 5.97 Å². The predicted octanol–water partition coefficient (Wildman–Crippen LogP) is 3.55. The van der Waals surface area contributed by atoms with Crippen LogP contribution >= 0.6 is 23.1 Å². The average molecular weight is 325 g/mol. The number of nitrogens with one attached hydrogen (secondary N) is 1. The fourth-order valence-corrected chi connectivity index (χ4v) is 5.50. The number of aryl methyl sites for hydroxylation is 1. The molecule has 21 heavy (non-hydrogen) atoms. The number of carbonyl (C=O) groups is 2. The molecule has 3 rings (SSSR count). The average Bonchev–Trinajstić information content (AvgIpc) is 2.86. The van der Waals surface area contributed by atoms with Crippen molar-refractivity contribution in [2.24, 2.45) is 0 Å². The fraction of sp³-hybridized carbons (Fsp3) is 0.600. The molecule has 1 saturated heterocycles. The van der Waals surface area contributed by atoms with Gasteiger partial charge in [0.2, 0.25) is 5.91 Å². The third kappa shape index (κ3) is 3.11. The molecule has 1 atom stereocenters. The van der Waals surface area contributed by atoms with Gasteiger partial charge in [0.1, 0.15) is 5.00 Å². The number of hydrogen-bond donors (Lipinski definition) is 2. The van der Waals surface area contributed by atoms with Crippen LogP contribution in [-0.4, -0.2) is 28.0 Å². The van der Waals surface area contributed by atoms with E-state index in [4.69, 9.17) is 0 Å². The molecule has 1 aliphatic heterocycles. The molecule has 1 unspecified atom stereocenters. The molecule has 1 aliphatic carbocycles. The van der Waals surface area contributed by atoms with Crippen LogP contribution in [0.4, 0.5) is 5.00 Å². The van der Waals surface area contributed by atoms with E-state index in [1.54, 1.807) is 11.8 Å². The fourth-order valence-electron chi connectivity index (χ4n) is 3.02. The molecule has 2 N–H and O–H groups in total. The monoisotopic (exact) mass is 325 g/mol. The number of fused-ring (bicyclic) bond motifs is 1. The predicted molar refractivity (Wildman–Crippen MR) is 86.6 cm³/mol. The van der Waals surface area contributed by atoms with Gasteiger partial charge in [0.15, 0.2) is 0 Å². The van der Waals surface area contributed by atoms with Gasteiger partial charge in [-0.15, -0.1) is 23.1 Å². The molecular weight excluding hydrogens is 306 g/mol. The zero-order valence-electron chi connectivity index (χ0n) is 11.8. The van der Waals surface area contributed by atoms with E-state index >= 15 is 0 Å². The first-order valence-electron chi connectivity index (χ1n) is 7.47. The Kier molecular flexibility index (Phi) is 4.54. The summed E-state index contributed by atoms with van der Waals surface area (Å²) in [5.74, 6) is 0.0759. The van der Waals surface area contributed by atoms with Crippen molar-refractivity contribution in [1.29, 1.82) is 0 Å². The van der Waals surface area contributed by atoms with E-state index in [-0.39, 0.29) is 11.2 Å². The van der Waals surface area contributed by atoms with Crippen LogP contribution in [0.1, 0.15) is 52.9 Å². The van der Waals surface area contributed by atoms with Gasteiger partial charge in [0.05, 0.1) is 10.8 Å². The zero-order chi connectivity index (χ0) is 14.8. The molecule has 2 heterocycles. The first kappa shape index (κ1) is 14.9. The summed E-state index contributed by atoms with van der Waals surface area (Å²) in [6.45, 7) is 0. The number of aromatic carboxylic acids is 1. The molecule has 0 radical (unpaired) electrons. The van der Waals surface area contributed by atoms with Crippen molar-refractivity contribution in [2.75, 3.05) is 11.1 Å². The second-order valence-corrected chi connectivity index (χ2v) is 7.98. The van der Waals surface area contributed by atoms with E-state index in [0.29, 0.717) is 10.6 Å². The number of carbonyl (C=O) groups excluding carboxylic acids is 1. The Balaban J connectivity index is 1.82. The highest BCUT2D eigenvalue weighted by Gasteiger charge is 2.28. The van der Waals surface area contributed by atoms with Crippen LogP contribution < -0.4 is 5.32 Å². The molecular formula is C15H19NO3S2. The van der Waals surface area contributed by atoms with Crippen LogP contribution in [0.25, 0.3) is 0 Å². The standard InChI is InChI=1S/C15H19NO3S2/c17-13(11-7-3-4-8-20-11)16-14-12(15(18)19)9-5-1-2-6-10(9)21-14/h11H,1-8H2,(H,16,17)(H,18,19).